The fraction of sp³-hybridized carbons (Fsp3) is 0.375. The minimum Gasteiger partial charge on any atom is -0.387 e. The van der Waals surface area contributed by atoms with E-state index in [4.69, 9.17) is 5.73 Å². The van der Waals surface area contributed by atoms with Gasteiger partial charge < -0.3 is 10.5 Å². The summed E-state index contributed by atoms with van der Waals surface area (Å²) >= 11 is 1.09. The lowest BCUT2D eigenvalue weighted by atomic mass is 10.2. The van der Waals surface area contributed by atoms with Gasteiger partial charge in [-0.2, -0.15) is 13.2 Å². The number of rotatable bonds is 2. The Labute approximate surface area is 110 Å². The number of nitrogens with zero attached hydrogens (tertiary/aromatic N) is 1. The van der Waals surface area contributed by atoms with Crippen LogP contribution in [0.25, 0.3) is 0 Å². The SMILES string of the molecule is NCc1cc(C(F)(F)F)c(I)c(OC(F)(F)F)n1. The van der Waals surface area contributed by atoms with Crippen LogP contribution in [-0.4, -0.2) is 11.3 Å². The number of aromatic nitrogens is 1. The summed E-state index contributed by atoms with van der Waals surface area (Å²) in [5.74, 6) is -1.15. The molecule has 1 rings (SSSR count). The fourth-order valence-corrected chi connectivity index (χ4v) is 1.74. The Kier molecular flexibility index (Phi) is 4.30. The maximum absolute atomic E-state index is 12.6. The molecular weight excluding hydrogens is 381 g/mol. The molecule has 0 aliphatic heterocycles. The monoisotopic (exact) mass is 386 g/mol. The minimum absolute atomic E-state index is 0.345. The molecule has 0 aromatic carbocycles. The van der Waals surface area contributed by atoms with Gasteiger partial charge in [-0.25, -0.2) is 4.98 Å². The summed E-state index contributed by atoms with van der Waals surface area (Å²) in [6.45, 7) is -0.436. The Balaban J connectivity index is 3.34. The second-order valence-corrected chi connectivity index (χ2v) is 4.11. The van der Waals surface area contributed by atoms with Crippen molar-refractivity contribution in [3.8, 4) is 5.88 Å². The molecule has 0 saturated carbocycles. The van der Waals surface area contributed by atoms with Crippen molar-refractivity contribution in [1.82, 2.24) is 4.98 Å². The number of hydrogen-bond acceptors (Lipinski definition) is 3. The number of halogens is 7. The second-order valence-electron chi connectivity index (χ2n) is 3.03. The first-order valence-corrected chi connectivity index (χ1v) is 5.35. The van der Waals surface area contributed by atoms with Crippen LogP contribution in [0.4, 0.5) is 26.3 Å². The summed E-state index contributed by atoms with van der Waals surface area (Å²) in [6.07, 6.45) is -9.93. The Bertz CT molecular complexity index is 444. The van der Waals surface area contributed by atoms with E-state index in [0.717, 1.165) is 22.6 Å². The van der Waals surface area contributed by atoms with Crippen molar-refractivity contribution >= 4 is 22.6 Å². The molecule has 0 amide bonds. The van der Waals surface area contributed by atoms with Crippen LogP contribution in [-0.2, 0) is 12.7 Å². The van der Waals surface area contributed by atoms with Gasteiger partial charge >= 0.3 is 12.5 Å². The summed E-state index contributed by atoms with van der Waals surface area (Å²) in [5.41, 5.74) is 3.46. The number of hydrogen-bond donors (Lipinski definition) is 1. The average molecular weight is 386 g/mol. The molecule has 1 aromatic rings. The Morgan fingerprint density at radius 3 is 2.17 bits per heavy atom. The molecule has 1 heterocycles. The Morgan fingerprint density at radius 2 is 1.78 bits per heavy atom. The minimum atomic E-state index is -5.12. The van der Waals surface area contributed by atoms with E-state index in [9.17, 15) is 26.3 Å². The van der Waals surface area contributed by atoms with Crippen LogP contribution in [0.2, 0.25) is 0 Å². The van der Waals surface area contributed by atoms with E-state index >= 15 is 0 Å². The quantitative estimate of drug-likeness (QED) is 0.628. The molecule has 0 radical (unpaired) electrons. The van der Waals surface area contributed by atoms with Crippen LogP contribution in [0.3, 0.4) is 0 Å². The molecule has 0 bridgehead atoms. The molecule has 0 aliphatic carbocycles. The summed E-state index contributed by atoms with van der Waals surface area (Å²) in [6, 6.07) is 0.588. The molecule has 0 aliphatic rings. The highest BCUT2D eigenvalue weighted by Crippen LogP contribution is 2.37. The van der Waals surface area contributed by atoms with Crippen LogP contribution < -0.4 is 10.5 Å². The van der Waals surface area contributed by atoms with Gasteiger partial charge in [0.1, 0.15) is 0 Å². The maximum Gasteiger partial charge on any atom is 0.574 e. The third-order valence-corrected chi connectivity index (χ3v) is 2.75. The van der Waals surface area contributed by atoms with Gasteiger partial charge in [0.25, 0.3) is 0 Å². The summed E-state index contributed by atoms with van der Waals surface area (Å²) in [7, 11) is 0. The number of ether oxygens (including phenoxy) is 1. The first-order chi connectivity index (χ1) is 8.04. The number of alkyl halides is 6. The lowest BCUT2D eigenvalue weighted by Crippen LogP contribution is -2.21. The van der Waals surface area contributed by atoms with E-state index in [-0.39, 0.29) is 5.69 Å². The molecule has 0 fully saturated rings. The predicted molar refractivity (Wildman–Crippen MR) is 56.5 cm³/mol. The maximum atomic E-state index is 12.6. The van der Waals surface area contributed by atoms with E-state index < -0.39 is 34.1 Å². The number of pyridine rings is 1. The molecule has 0 saturated heterocycles. The van der Waals surface area contributed by atoms with Gasteiger partial charge in [0.2, 0.25) is 5.88 Å². The van der Waals surface area contributed by atoms with Crippen LogP contribution in [0.5, 0.6) is 5.88 Å². The van der Waals surface area contributed by atoms with Gasteiger partial charge in [0, 0.05) is 6.54 Å². The third-order valence-electron chi connectivity index (χ3n) is 1.71. The highest BCUT2D eigenvalue weighted by molar-refractivity contribution is 14.1. The van der Waals surface area contributed by atoms with Gasteiger partial charge in [-0.1, -0.05) is 0 Å². The molecule has 0 unspecified atom stereocenters. The van der Waals surface area contributed by atoms with Crippen molar-refractivity contribution in [1.29, 1.82) is 0 Å². The highest BCUT2D eigenvalue weighted by Gasteiger charge is 2.38. The van der Waals surface area contributed by atoms with Crippen molar-refractivity contribution < 1.29 is 31.1 Å². The topological polar surface area (TPSA) is 48.1 Å². The lowest BCUT2D eigenvalue weighted by molar-refractivity contribution is -0.276. The molecule has 0 spiro atoms. The molecule has 2 N–H and O–H groups in total. The molecule has 1 aromatic heterocycles. The van der Waals surface area contributed by atoms with Crippen molar-refractivity contribution in [3.05, 3.63) is 20.9 Å². The molecule has 18 heavy (non-hydrogen) atoms. The van der Waals surface area contributed by atoms with Crippen LogP contribution >= 0.6 is 22.6 Å². The molecule has 10 heteroatoms. The van der Waals surface area contributed by atoms with Gasteiger partial charge in [-0.05, 0) is 28.7 Å². The smallest absolute Gasteiger partial charge is 0.387 e. The van der Waals surface area contributed by atoms with Crippen molar-refractivity contribution in [2.24, 2.45) is 5.73 Å². The first kappa shape index (κ1) is 15.3. The predicted octanol–water partition coefficient (Wildman–Crippen LogP) is 3.06. The second kappa shape index (κ2) is 5.07. The summed E-state index contributed by atoms with van der Waals surface area (Å²) in [5, 5.41) is 0. The van der Waals surface area contributed by atoms with E-state index in [1.165, 1.54) is 0 Å². The largest absolute Gasteiger partial charge is 0.574 e. The zero-order valence-electron chi connectivity index (χ0n) is 8.36. The molecule has 102 valence electrons. The van der Waals surface area contributed by atoms with Gasteiger partial charge in [0.15, 0.2) is 0 Å². The lowest BCUT2D eigenvalue weighted by Gasteiger charge is -2.15. The van der Waals surface area contributed by atoms with Crippen LogP contribution in [0.15, 0.2) is 6.07 Å². The molecule has 3 nitrogen and oxygen atoms in total. The normalized spacial score (nSPS) is 12.7. The Morgan fingerprint density at radius 1 is 1.22 bits per heavy atom. The third kappa shape index (κ3) is 3.86. The van der Waals surface area contributed by atoms with Crippen LogP contribution in [0, 0.1) is 3.57 Å². The zero-order chi connectivity index (χ0) is 14.1. The first-order valence-electron chi connectivity index (χ1n) is 4.27. The number of nitrogens with two attached hydrogens (primary N) is 1. The summed E-state index contributed by atoms with van der Waals surface area (Å²) < 4.78 is 76.4. The van der Waals surface area contributed by atoms with Crippen LogP contribution in [0.1, 0.15) is 11.3 Å². The van der Waals surface area contributed by atoms with Crippen molar-refractivity contribution in [2.45, 2.75) is 19.1 Å². The van der Waals surface area contributed by atoms with E-state index in [1.54, 1.807) is 0 Å². The standard InChI is InChI=1S/C8H5F6IN2O/c9-7(10,11)4-1-3(2-16)17-6(5(4)15)18-8(12,13)14/h1H,2,16H2. The van der Waals surface area contributed by atoms with E-state index in [2.05, 4.69) is 9.72 Å². The summed E-state index contributed by atoms with van der Waals surface area (Å²) in [4.78, 5) is 3.28. The van der Waals surface area contributed by atoms with Crippen molar-refractivity contribution in [3.63, 3.8) is 0 Å². The van der Waals surface area contributed by atoms with Gasteiger partial charge in [-0.3, -0.25) is 0 Å². The fourth-order valence-electron chi connectivity index (χ4n) is 1.05. The van der Waals surface area contributed by atoms with E-state index in [1.807, 2.05) is 0 Å². The molecular formula is C8H5F6IN2O. The Hall–Kier alpha value is -0.780. The average Bonchev–Trinajstić information content (AvgIpc) is 2.17. The molecule has 0 atom stereocenters. The zero-order valence-corrected chi connectivity index (χ0v) is 10.5. The highest BCUT2D eigenvalue weighted by atomic mass is 127. The van der Waals surface area contributed by atoms with Gasteiger partial charge in [0.05, 0.1) is 14.8 Å². The van der Waals surface area contributed by atoms with Gasteiger partial charge in [-0.15, -0.1) is 13.2 Å². The van der Waals surface area contributed by atoms with E-state index in [0.29, 0.717) is 6.07 Å². The van der Waals surface area contributed by atoms with Crippen molar-refractivity contribution in [2.75, 3.05) is 0 Å².